The van der Waals surface area contributed by atoms with Gasteiger partial charge in [0.15, 0.2) is 23.0 Å². The minimum atomic E-state index is 0.215. The van der Waals surface area contributed by atoms with Crippen molar-refractivity contribution >= 4 is 34.0 Å². The van der Waals surface area contributed by atoms with Gasteiger partial charge in [0.1, 0.15) is 25.4 Å². The first-order valence-electron chi connectivity index (χ1n) is 11.8. The number of benzene rings is 2. The zero-order valence-electron chi connectivity index (χ0n) is 20.6. The summed E-state index contributed by atoms with van der Waals surface area (Å²) >= 11 is 0. The first-order valence-corrected chi connectivity index (χ1v) is 14.3. The van der Waals surface area contributed by atoms with Crippen LogP contribution in [0.25, 0.3) is 0 Å². The summed E-state index contributed by atoms with van der Waals surface area (Å²) in [5.74, 6) is 4.74. The third-order valence-corrected chi connectivity index (χ3v) is 7.57. The number of methoxy groups -OCH3 is 2. The van der Waals surface area contributed by atoms with Crippen LogP contribution in [0.4, 0.5) is 0 Å². The number of nitrogens with zero attached hydrogens (tertiary/aromatic N) is 2. The predicted octanol–water partition coefficient (Wildman–Crippen LogP) is 4.18. The molecule has 0 amide bonds. The van der Waals surface area contributed by atoms with Crippen LogP contribution in [0.5, 0.6) is 23.0 Å². The van der Waals surface area contributed by atoms with E-state index in [1.54, 1.807) is 35.8 Å². The zero-order valence-corrected chi connectivity index (χ0v) is 22.2. The quantitative estimate of drug-likeness (QED) is 0.130. The Hall–Kier alpha value is -2.40. The second-order valence-corrected chi connectivity index (χ2v) is 10.8. The van der Waals surface area contributed by atoms with E-state index in [1.807, 2.05) is 48.8 Å². The van der Waals surface area contributed by atoms with E-state index in [-0.39, 0.29) is 12.2 Å². The van der Waals surface area contributed by atoms with Crippen molar-refractivity contribution in [2.75, 3.05) is 65.2 Å². The Kier molecular flexibility index (Phi) is 10.6. The van der Waals surface area contributed by atoms with Crippen molar-refractivity contribution in [2.45, 2.75) is 12.2 Å². The van der Waals surface area contributed by atoms with Gasteiger partial charge in [-0.3, -0.25) is 9.98 Å². The van der Waals surface area contributed by atoms with E-state index in [0.717, 1.165) is 60.4 Å². The smallest absolute Gasteiger partial charge is 0.161 e. The SMILES string of the molecule is COc1cc(C=NCCSSCCN=Cc2ccc(OCC3CO3)c(OC)c2)ccc1OCC1CO1. The summed E-state index contributed by atoms with van der Waals surface area (Å²) in [5.41, 5.74) is 1.98. The molecule has 194 valence electrons. The van der Waals surface area contributed by atoms with Gasteiger partial charge in [0.2, 0.25) is 0 Å². The Morgan fingerprint density at radius 2 is 1.19 bits per heavy atom. The lowest BCUT2D eigenvalue weighted by Crippen LogP contribution is -2.05. The molecule has 2 unspecified atom stereocenters. The van der Waals surface area contributed by atoms with E-state index in [4.69, 9.17) is 28.4 Å². The third-order valence-electron chi connectivity index (χ3n) is 5.20. The van der Waals surface area contributed by atoms with Crippen LogP contribution in [-0.4, -0.2) is 89.9 Å². The number of ether oxygens (including phenoxy) is 6. The molecule has 36 heavy (non-hydrogen) atoms. The first kappa shape index (κ1) is 26.7. The van der Waals surface area contributed by atoms with Gasteiger partial charge in [-0.1, -0.05) is 21.6 Å². The van der Waals surface area contributed by atoms with Crippen LogP contribution in [0, 0.1) is 0 Å². The van der Waals surface area contributed by atoms with Crippen molar-refractivity contribution in [3.05, 3.63) is 47.5 Å². The van der Waals surface area contributed by atoms with Crippen LogP contribution in [-0.2, 0) is 9.47 Å². The van der Waals surface area contributed by atoms with Gasteiger partial charge in [0.25, 0.3) is 0 Å². The zero-order chi connectivity index (χ0) is 25.0. The summed E-state index contributed by atoms with van der Waals surface area (Å²) in [4.78, 5) is 9.04. The van der Waals surface area contributed by atoms with Crippen molar-refractivity contribution in [1.82, 2.24) is 0 Å². The van der Waals surface area contributed by atoms with Crippen molar-refractivity contribution in [2.24, 2.45) is 9.98 Å². The summed E-state index contributed by atoms with van der Waals surface area (Å²) in [5, 5.41) is 0. The van der Waals surface area contributed by atoms with Crippen molar-refractivity contribution in [1.29, 1.82) is 0 Å². The topological polar surface area (TPSA) is 86.7 Å². The average Bonchev–Trinajstić information content (AvgIpc) is 3.83. The van der Waals surface area contributed by atoms with Crippen LogP contribution in [0.3, 0.4) is 0 Å². The molecule has 2 atom stereocenters. The maximum atomic E-state index is 5.74. The largest absolute Gasteiger partial charge is 0.493 e. The molecular weight excluding hydrogens is 500 g/mol. The number of hydrogen-bond donors (Lipinski definition) is 0. The molecule has 2 aromatic rings. The summed E-state index contributed by atoms with van der Waals surface area (Å²) in [6.07, 6.45) is 4.17. The molecule has 0 aromatic heterocycles. The van der Waals surface area contributed by atoms with Gasteiger partial charge < -0.3 is 28.4 Å². The van der Waals surface area contributed by atoms with Gasteiger partial charge in [0.05, 0.1) is 27.4 Å². The highest BCUT2D eigenvalue weighted by molar-refractivity contribution is 8.76. The lowest BCUT2D eigenvalue weighted by Gasteiger charge is -2.10. The molecule has 0 saturated carbocycles. The number of epoxide rings is 2. The standard InChI is InChI=1S/C26H32N2O6S2/c1-29-25-11-19(3-5-23(25)33-17-21-15-31-21)13-27-7-9-35-36-10-8-28-14-20-4-6-24(26(12-20)30-2)34-18-22-16-32-22/h3-6,11-14,21-22H,7-10,15-18H2,1-2H3. The number of rotatable bonds is 17. The van der Waals surface area contributed by atoms with Crippen LogP contribution < -0.4 is 18.9 Å². The van der Waals surface area contributed by atoms with Gasteiger partial charge in [-0.15, -0.1) is 0 Å². The van der Waals surface area contributed by atoms with Crippen molar-refractivity contribution in [3.63, 3.8) is 0 Å². The third kappa shape index (κ3) is 9.24. The highest BCUT2D eigenvalue weighted by atomic mass is 33.1. The van der Waals surface area contributed by atoms with Gasteiger partial charge >= 0.3 is 0 Å². The molecule has 2 aliphatic heterocycles. The predicted molar refractivity (Wildman–Crippen MR) is 146 cm³/mol. The van der Waals surface area contributed by atoms with Crippen molar-refractivity contribution < 1.29 is 28.4 Å². The van der Waals surface area contributed by atoms with E-state index in [0.29, 0.717) is 24.7 Å². The lowest BCUT2D eigenvalue weighted by molar-refractivity contribution is 0.252. The molecule has 2 fully saturated rings. The Labute approximate surface area is 220 Å². The van der Waals surface area contributed by atoms with Crippen molar-refractivity contribution in [3.8, 4) is 23.0 Å². The molecule has 4 rings (SSSR count). The second kappa shape index (κ2) is 14.4. The van der Waals surface area contributed by atoms with Gasteiger partial charge in [-0.05, 0) is 47.5 Å². The maximum absolute atomic E-state index is 5.74. The highest BCUT2D eigenvalue weighted by Crippen LogP contribution is 2.29. The molecule has 8 nitrogen and oxygen atoms in total. The van der Waals surface area contributed by atoms with Crippen LogP contribution in [0.2, 0.25) is 0 Å². The molecule has 10 heteroatoms. The summed E-state index contributed by atoms with van der Waals surface area (Å²) < 4.78 is 32.7. The van der Waals surface area contributed by atoms with Crippen LogP contribution in [0.1, 0.15) is 11.1 Å². The molecular formula is C26H32N2O6S2. The Bertz CT molecular complexity index is 946. The molecule has 0 N–H and O–H groups in total. The molecule has 2 aliphatic rings. The summed E-state index contributed by atoms with van der Waals surface area (Å²) in [6.45, 7) is 4.15. The number of aliphatic imine (C=N–C) groups is 2. The monoisotopic (exact) mass is 532 g/mol. The van der Waals surface area contributed by atoms with E-state index in [9.17, 15) is 0 Å². The van der Waals surface area contributed by atoms with Crippen LogP contribution in [0.15, 0.2) is 46.4 Å². The Morgan fingerprint density at radius 1 is 0.750 bits per heavy atom. The number of hydrogen-bond acceptors (Lipinski definition) is 10. The minimum absolute atomic E-state index is 0.215. The average molecular weight is 533 g/mol. The fourth-order valence-corrected chi connectivity index (χ4v) is 4.85. The Morgan fingerprint density at radius 3 is 1.58 bits per heavy atom. The van der Waals surface area contributed by atoms with E-state index in [2.05, 4.69) is 9.98 Å². The minimum Gasteiger partial charge on any atom is -0.493 e. The lowest BCUT2D eigenvalue weighted by atomic mass is 10.2. The highest BCUT2D eigenvalue weighted by Gasteiger charge is 2.24. The van der Waals surface area contributed by atoms with Crippen LogP contribution >= 0.6 is 21.6 Å². The van der Waals surface area contributed by atoms with Gasteiger partial charge in [0, 0.05) is 37.0 Å². The molecule has 2 saturated heterocycles. The summed E-state index contributed by atoms with van der Waals surface area (Å²) in [7, 11) is 6.90. The fraction of sp³-hybridized carbons (Fsp3) is 0.462. The van der Waals surface area contributed by atoms with Gasteiger partial charge in [-0.2, -0.15) is 0 Å². The van der Waals surface area contributed by atoms with E-state index >= 15 is 0 Å². The molecule has 2 heterocycles. The van der Waals surface area contributed by atoms with E-state index < -0.39 is 0 Å². The molecule has 0 spiro atoms. The Balaban J connectivity index is 1.08. The second-order valence-electron chi connectivity index (χ2n) is 8.07. The summed E-state index contributed by atoms with van der Waals surface area (Å²) in [6, 6.07) is 11.7. The molecule has 0 bridgehead atoms. The van der Waals surface area contributed by atoms with Gasteiger partial charge in [-0.25, -0.2) is 0 Å². The van der Waals surface area contributed by atoms with E-state index in [1.165, 1.54) is 0 Å². The molecule has 2 aromatic carbocycles. The normalized spacial score (nSPS) is 18.5. The molecule has 0 radical (unpaired) electrons. The maximum Gasteiger partial charge on any atom is 0.161 e. The molecule has 0 aliphatic carbocycles. The fourth-order valence-electron chi connectivity index (χ4n) is 3.10. The first-order chi connectivity index (χ1) is 17.7.